The number of pyridine rings is 1. The van der Waals surface area contributed by atoms with Crippen molar-refractivity contribution >= 4 is 38.7 Å². The van der Waals surface area contributed by atoms with E-state index in [1.54, 1.807) is 0 Å². The van der Waals surface area contributed by atoms with Gasteiger partial charge in [-0.1, -0.05) is 29.8 Å². The van der Waals surface area contributed by atoms with Crippen LogP contribution in [-0.4, -0.2) is 9.91 Å². The molecule has 19 heavy (non-hydrogen) atoms. The number of rotatable bonds is 2. The van der Waals surface area contributed by atoms with Crippen LogP contribution in [0.2, 0.25) is 5.15 Å². The maximum absolute atomic E-state index is 11.1. The SMILES string of the molecule is O=[N+]([O-])c1ccc(Cl)nc1-c1cccc2ccsc12. The Morgan fingerprint density at radius 2 is 2.05 bits per heavy atom. The maximum Gasteiger partial charge on any atom is 0.295 e. The van der Waals surface area contributed by atoms with Crippen LogP contribution < -0.4 is 0 Å². The Labute approximate surface area is 117 Å². The van der Waals surface area contributed by atoms with Crippen LogP contribution in [-0.2, 0) is 0 Å². The summed E-state index contributed by atoms with van der Waals surface area (Å²) in [5.41, 5.74) is 1.01. The summed E-state index contributed by atoms with van der Waals surface area (Å²) in [5.74, 6) is 0. The zero-order valence-electron chi connectivity index (χ0n) is 9.54. The van der Waals surface area contributed by atoms with E-state index in [0.29, 0.717) is 5.69 Å². The van der Waals surface area contributed by atoms with Gasteiger partial charge in [-0.15, -0.1) is 11.3 Å². The van der Waals surface area contributed by atoms with Crippen molar-refractivity contribution in [1.82, 2.24) is 4.98 Å². The molecule has 0 bridgehead atoms. The summed E-state index contributed by atoms with van der Waals surface area (Å²) in [7, 11) is 0. The molecular weight excluding hydrogens is 284 g/mol. The number of fused-ring (bicyclic) bond motifs is 1. The first kappa shape index (κ1) is 12.1. The zero-order valence-corrected chi connectivity index (χ0v) is 11.1. The van der Waals surface area contributed by atoms with E-state index in [1.165, 1.54) is 23.5 Å². The Morgan fingerprint density at radius 1 is 1.21 bits per heavy atom. The highest BCUT2D eigenvalue weighted by Gasteiger charge is 2.19. The van der Waals surface area contributed by atoms with Gasteiger partial charge in [-0.05, 0) is 22.9 Å². The van der Waals surface area contributed by atoms with Crippen molar-refractivity contribution in [3.8, 4) is 11.3 Å². The maximum atomic E-state index is 11.1. The van der Waals surface area contributed by atoms with Gasteiger partial charge in [-0.25, -0.2) is 4.98 Å². The van der Waals surface area contributed by atoms with Crippen LogP contribution in [0.1, 0.15) is 0 Å². The van der Waals surface area contributed by atoms with Gasteiger partial charge in [0, 0.05) is 16.3 Å². The third kappa shape index (κ3) is 2.07. The number of hydrogen-bond donors (Lipinski definition) is 0. The average molecular weight is 291 g/mol. The van der Waals surface area contributed by atoms with Gasteiger partial charge in [0.25, 0.3) is 5.69 Å². The molecule has 0 atom stereocenters. The third-order valence-electron chi connectivity index (χ3n) is 2.77. The van der Waals surface area contributed by atoms with E-state index >= 15 is 0 Å². The van der Waals surface area contributed by atoms with Crippen molar-refractivity contribution in [3.05, 3.63) is 57.0 Å². The van der Waals surface area contributed by atoms with Crippen molar-refractivity contribution in [3.63, 3.8) is 0 Å². The molecule has 0 aliphatic carbocycles. The summed E-state index contributed by atoms with van der Waals surface area (Å²) in [6, 6.07) is 10.4. The smallest absolute Gasteiger partial charge is 0.258 e. The average Bonchev–Trinajstić information content (AvgIpc) is 2.86. The summed E-state index contributed by atoms with van der Waals surface area (Å²) in [6.07, 6.45) is 0. The van der Waals surface area contributed by atoms with Crippen LogP contribution >= 0.6 is 22.9 Å². The van der Waals surface area contributed by atoms with Gasteiger partial charge < -0.3 is 0 Å². The Morgan fingerprint density at radius 3 is 2.84 bits per heavy atom. The largest absolute Gasteiger partial charge is 0.295 e. The minimum atomic E-state index is -0.439. The molecule has 4 nitrogen and oxygen atoms in total. The lowest BCUT2D eigenvalue weighted by atomic mass is 10.1. The Bertz CT molecular complexity index is 785. The molecule has 2 aromatic heterocycles. The number of benzene rings is 1. The van der Waals surface area contributed by atoms with Gasteiger partial charge >= 0.3 is 0 Å². The molecule has 1 aromatic carbocycles. The monoisotopic (exact) mass is 290 g/mol. The molecule has 0 aliphatic heterocycles. The van der Waals surface area contributed by atoms with Gasteiger partial charge in [0.2, 0.25) is 0 Å². The highest BCUT2D eigenvalue weighted by molar-refractivity contribution is 7.17. The predicted octanol–water partition coefficient (Wildman–Crippen LogP) is 4.52. The Kier molecular flexibility index (Phi) is 2.93. The molecule has 6 heteroatoms. The van der Waals surface area contributed by atoms with E-state index < -0.39 is 4.92 Å². The van der Waals surface area contributed by atoms with Gasteiger partial charge in [0.1, 0.15) is 5.15 Å². The molecule has 0 unspecified atom stereocenters. The van der Waals surface area contributed by atoms with E-state index in [9.17, 15) is 10.1 Å². The Balaban J connectivity index is 2.35. The molecule has 0 fully saturated rings. The summed E-state index contributed by atoms with van der Waals surface area (Å²) < 4.78 is 0.973. The van der Waals surface area contributed by atoms with Crippen molar-refractivity contribution in [2.45, 2.75) is 0 Å². The topological polar surface area (TPSA) is 56.0 Å². The zero-order chi connectivity index (χ0) is 13.4. The van der Waals surface area contributed by atoms with Crippen LogP contribution in [0.25, 0.3) is 21.3 Å². The van der Waals surface area contributed by atoms with Crippen molar-refractivity contribution in [2.75, 3.05) is 0 Å². The molecular formula is C13H7ClN2O2S. The molecule has 0 saturated carbocycles. The molecule has 0 radical (unpaired) electrons. The van der Waals surface area contributed by atoms with Crippen molar-refractivity contribution in [1.29, 1.82) is 0 Å². The molecule has 3 rings (SSSR count). The highest BCUT2D eigenvalue weighted by atomic mass is 35.5. The molecule has 0 aliphatic rings. The van der Waals surface area contributed by atoms with E-state index in [2.05, 4.69) is 4.98 Å². The van der Waals surface area contributed by atoms with Crippen LogP contribution in [0.5, 0.6) is 0 Å². The van der Waals surface area contributed by atoms with Crippen molar-refractivity contribution < 1.29 is 4.92 Å². The second kappa shape index (κ2) is 4.60. The van der Waals surface area contributed by atoms with Crippen LogP contribution in [0.4, 0.5) is 5.69 Å². The van der Waals surface area contributed by atoms with E-state index in [-0.39, 0.29) is 10.8 Å². The number of aromatic nitrogens is 1. The first-order chi connectivity index (χ1) is 9.16. The predicted molar refractivity (Wildman–Crippen MR) is 76.7 cm³/mol. The molecule has 3 aromatic rings. The van der Waals surface area contributed by atoms with Gasteiger partial charge in [0.15, 0.2) is 5.69 Å². The van der Waals surface area contributed by atoms with Gasteiger partial charge in [-0.3, -0.25) is 10.1 Å². The standard InChI is InChI=1S/C13H7ClN2O2S/c14-11-5-4-10(16(17)18)12(15-11)9-3-1-2-8-6-7-19-13(8)9/h1-7H. The normalized spacial score (nSPS) is 10.8. The summed E-state index contributed by atoms with van der Waals surface area (Å²) in [5, 5.41) is 14.3. The second-order valence-corrected chi connectivity index (χ2v) is 5.21. The number of nitro groups is 1. The fraction of sp³-hybridized carbons (Fsp3) is 0. The van der Waals surface area contributed by atoms with E-state index in [0.717, 1.165) is 15.6 Å². The third-order valence-corrected chi connectivity index (χ3v) is 3.94. The van der Waals surface area contributed by atoms with Crippen LogP contribution in [0.3, 0.4) is 0 Å². The molecule has 0 saturated heterocycles. The molecule has 0 spiro atoms. The van der Waals surface area contributed by atoms with E-state index in [4.69, 9.17) is 11.6 Å². The lowest BCUT2D eigenvalue weighted by molar-refractivity contribution is -0.384. The number of nitrogens with zero attached hydrogens (tertiary/aromatic N) is 2. The quantitative estimate of drug-likeness (QED) is 0.396. The fourth-order valence-electron chi connectivity index (χ4n) is 1.95. The number of thiophene rings is 1. The Hall–Kier alpha value is -1.98. The minimum absolute atomic E-state index is 0.0368. The molecule has 94 valence electrons. The number of hydrogen-bond acceptors (Lipinski definition) is 4. The molecule has 0 N–H and O–H groups in total. The second-order valence-electron chi connectivity index (χ2n) is 3.90. The summed E-state index contributed by atoms with van der Waals surface area (Å²) in [4.78, 5) is 14.8. The first-order valence-electron chi connectivity index (χ1n) is 5.44. The van der Waals surface area contributed by atoms with Crippen LogP contribution in [0, 0.1) is 10.1 Å². The van der Waals surface area contributed by atoms with Gasteiger partial charge in [0.05, 0.1) is 4.92 Å². The van der Waals surface area contributed by atoms with Crippen LogP contribution in [0.15, 0.2) is 41.8 Å². The van der Waals surface area contributed by atoms with Crippen molar-refractivity contribution in [2.24, 2.45) is 0 Å². The lowest BCUT2D eigenvalue weighted by Gasteiger charge is -2.04. The lowest BCUT2D eigenvalue weighted by Crippen LogP contribution is -1.95. The number of halogens is 1. The fourth-order valence-corrected chi connectivity index (χ4v) is 3.02. The summed E-state index contributed by atoms with van der Waals surface area (Å²) in [6.45, 7) is 0. The minimum Gasteiger partial charge on any atom is -0.258 e. The highest BCUT2D eigenvalue weighted by Crippen LogP contribution is 2.36. The first-order valence-corrected chi connectivity index (χ1v) is 6.70. The summed E-state index contributed by atoms with van der Waals surface area (Å²) >= 11 is 7.40. The van der Waals surface area contributed by atoms with Gasteiger partial charge in [-0.2, -0.15) is 0 Å². The molecule has 2 heterocycles. The van der Waals surface area contributed by atoms with E-state index in [1.807, 2.05) is 29.6 Å². The molecule has 0 amide bonds.